The van der Waals surface area contributed by atoms with Crippen molar-refractivity contribution >= 4 is 0 Å². The Kier molecular flexibility index (Phi) is 3.39. The van der Waals surface area contributed by atoms with E-state index in [1.165, 1.54) is 11.1 Å². The summed E-state index contributed by atoms with van der Waals surface area (Å²) in [4.78, 5) is 2.43. The maximum atomic E-state index is 5.35. The maximum Gasteiger partial charge on any atom is 0.0594 e. The van der Waals surface area contributed by atoms with Gasteiger partial charge in [0.1, 0.15) is 0 Å². The summed E-state index contributed by atoms with van der Waals surface area (Å²) in [6, 6.07) is 8.69. The maximum absolute atomic E-state index is 5.35. The summed E-state index contributed by atoms with van der Waals surface area (Å²) in [7, 11) is 0. The lowest BCUT2D eigenvalue weighted by atomic mass is 10.1. The highest BCUT2D eigenvalue weighted by Gasteiger charge is 2.10. The summed E-state index contributed by atoms with van der Waals surface area (Å²) < 4.78 is 5.35. The number of morpholine rings is 1. The first-order valence-corrected chi connectivity index (χ1v) is 6.30. The van der Waals surface area contributed by atoms with Crippen molar-refractivity contribution in [2.75, 3.05) is 26.3 Å². The molecule has 2 aromatic rings. The number of aromatic amines is 1. The summed E-state index contributed by atoms with van der Waals surface area (Å²) in [5.41, 5.74) is 3.69. The minimum absolute atomic E-state index is 0.854. The number of benzene rings is 1. The summed E-state index contributed by atoms with van der Waals surface area (Å²) in [5, 5.41) is 6.80. The first kappa shape index (κ1) is 11.4. The monoisotopic (exact) mass is 243 g/mol. The number of rotatable bonds is 3. The predicted octanol–water partition coefficient (Wildman–Crippen LogP) is 1.91. The van der Waals surface area contributed by atoms with Crippen molar-refractivity contribution in [1.82, 2.24) is 15.1 Å². The van der Waals surface area contributed by atoms with E-state index >= 15 is 0 Å². The normalized spacial score (nSPS) is 16.9. The molecule has 0 radical (unpaired) electrons. The molecule has 2 heterocycles. The largest absolute Gasteiger partial charge is 0.379 e. The van der Waals surface area contributed by atoms with Crippen LogP contribution in [0.5, 0.6) is 0 Å². The van der Waals surface area contributed by atoms with Crippen molar-refractivity contribution in [2.24, 2.45) is 0 Å². The number of ether oxygens (including phenoxy) is 1. The molecule has 1 aromatic heterocycles. The average Bonchev–Trinajstić information content (AvgIpc) is 2.95. The SMILES string of the molecule is c1cc(-c2cn[nH]c2)ccc1CN1CCOCC1. The van der Waals surface area contributed by atoms with E-state index in [-0.39, 0.29) is 0 Å². The lowest BCUT2D eigenvalue weighted by molar-refractivity contribution is 0.0342. The molecule has 3 rings (SSSR count). The molecule has 18 heavy (non-hydrogen) atoms. The zero-order valence-corrected chi connectivity index (χ0v) is 10.3. The van der Waals surface area contributed by atoms with Crippen LogP contribution in [0, 0.1) is 0 Å². The molecule has 1 aromatic carbocycles. The van der Waals surface area contributed by atoms with Gasteiger partial charge in [0, 0.05) is 31.4 Å². The van der Waals surface area contributed by atoms with Crippen LogP contribution < -0.4 is 0 Å². The molecule has 1 aliphatic heterocycles. The number of nitrogens with one attached hydrogen (secondary N) is 1. The van der Waals surface area contributed by atoms with E-state index in [4.69, 9.17) is 4.74 Å². The van der Waals surface area contributed by atoms with Crippen molar-refractivity contribution < 1.29 is 4.74 Å². The van der Waals surface area contributed by atoms with Crippen LogP contribution in [0.3, 0.4) is 0 Å². The number of H-pyrrole nitrogens is 1. The predicted molar refractivity (Wildman–Crippen MR) is 70.1 cm³/mol. The van der Waals surface area contributed by atoms with Crippen LogP contribution in [0.4, 0.5) is 0 Å². The van der Waals surface area contributed by atoms with Crippen molar-refractivity contribution in [3.05, 3.63) is 42.2 Å². The van der Waals surface area contributed by atoms with Gasteiger partial charge >= 0.3 is 0 Å². The average molecular weight is 243 g/mol. The zero-order valence-electron chi connectivity index (χ0n) is 10.3. The molecule has 0 atom stereocenters. The van der Waals surface area contributed by atoms with Gasteiger partial charge in [-0.1, -0.05) is 24.3 Å². The van der Waals surface area contributed by atoms with Crippen LogP contribution in [0.25, 0.3) is 11.1 Å². The third-order valence-corrected chi connectivity index (χ3v) is 3.30. The van der Waals surface area contributed by atoms with Gasteiger partial charge in [-0.05, 0) is 11.1 Å². The van der Waals surface area contributed by atoms with Crippen molar-refractivity contribution in [2.45, 2.75) is 6.54 Å². The van der Waals surface area contributed by atoms with Gasteiger partial charge in [-0.25, -0.2) is 0 Å². The Morgan fingerprint density at radius 2 is 1.89 bits per heavy atom. The van der Waals surface area contributed by atoms with Gasteiger partial charge in [0.05, 0.1) is 19.4 Å². The molecule has 0 spiro atoms. The Labute approximate surface area is 107 Å². The molecule has 1 saturated heterocycles. The molecule has 4 nitrogen and oxygen atoms in total. The summed E-state index contributed by atoms with van der Waals surface area (Å²) >= 11 is 0. The Balaban J connectivity index is 1.67. The number of hydrogen-bond acceptors (Lipinski definition) is 3. The Morgan fingerprint density at radius 1 is 1.11 bits per heavy atom. The van der Waals surface area contributed by atoms with E-state index in [1.807, 2.05) is 12.4 Å². The minimum atomic E-state index is 0.854. The van der Waals surface area contributed by atoms with E-state index in [9.17, 15) is 0 Å². The van der Waals surface area contributed by atoms with Crippen LogP contribution in [-0.2, 0) is 11.3 Å². The first-order chi connectivity index (χ1) is 8.92. The van der Waals surface area contributed by atoms with E-state index in [2.05, 4.69) is 39.4 Å². The van der Waals surface area contributed by atoms with Gasteiger partial charge in [0.25, 0.3) is 0 Å². The standard InChI is InChI=1S/C14H17N3O/c1-3-13(14-9-15-16-10-14)4-2-12(1)11-17-5-7-18-8-6-17/h1-4,9-10H,5-8,11H2,(H,15,16). The molecular weight excluding hydrogens is 226 g/mol. The van der Waals surface area contributed by atoms with Crippen LogP contribution in [0.2, 0.25) is 0 Å². The van der Waals surface area contributed by atoms with Crippen LogP contribution in [0.1, 0.15) is 5.56 Å². The van der Waals surface area contributed by atoms with Crippen molar-refractivity contribution in [1.29, 1.82) is 0 Å². The quantitative estimate of drug-likeness (QED) is 0.895. The molecule has 0 bridgehead atoms. The number of aromatic nitrogens is 2. The zero-order chi connectivity index (χ0) is 12.2. The van der Waals surface area contributed by atoms with Gasteiger partial charge in [0.2, 0.25) is 0 Å². The smallest absolute Gasteiger partial charge is 0.0594 e. The molecule has 0 aliphatic carbocycles. The number of hydrogen-bond donors (Lipinski definition) is 1. The second-order valence-corrected chi connectivity index (χ2v) is 4.57. The van der Waals surface area contributed by atoms with E-state index in [1.54, 1.807) is 0 Å². The lowest BCUT2D eigenvalue weighted by Crippen LogP contribution is -2.35. The highest BCUT2D eigenvalue weighted by Crippen LogP contribution is 2.18. The topological polar surface area (TPSA) is 41.2 Å². The third-order valence-electron chi connectivity index (χ3n) is 3.30. The molecule has 0 saturated carbocycles. The molecule has 1 fully saturated rings. The van der Waals surface area contributed by atoms with Gasteiger partial charge in [0.15, 0.2) is 0 Å². The second kappa shape index (κ2) is 5.33. The van der Waals surface area contributed by atoms with Gasteiger partial charge in [-0.3, -0.25) is 10.00 Å². The van der Waals surface area contributed by atoms with Crippen molar-refractivity contribution in [3.63, 3.8) is 0 Å². The van der Waals surface area contributed by atoms with Crippen LogP contribution in [-0.4, -0.2) is 41.4 Å². The number of nitrogens with zero attached hydrogens (tertiary/aromatic N) is 2. The third kappa shape index (κ3) is 2.60. The highest BCUT2D eigenvalue weighted by molar-refractivity contribution is 5.61. The molecule has 1 N–H and O–H groups in total. The molecule has 4 heteroatoms. The fourth-order valence-corrected chi connectivity index (χ4v) is 2.23. The summed E-state index contributed by atoms with van der Waals surface area (Å²) in [5.74, 6) is 0. The minimum Gasteiger partial charge on any atom is -0.379 e. The lowest BCUT2D eigenvalue weighted by Gasteiger charge is -2.26. The summed E-state index contributed by atoms with van der Waals surface area (Å²) in [6.45, 7) is 4.78. The van der Waals surface area contributed by atoms with Crippen LogP contribution >= 0.6 is 0 Å². The highest BCUT2D eigenvalue weighted by atomic mass is 16.5. The van der Waals surface area contributed by atoms with Crippen molar-refractivity contribution in [3.8, 4) is 11.1 Å². The fraction of sp³-hybridized carbons (Fsp3) is 0.357. The van der Waals surface area contributed by atoms with E-state index in [0.29, 0.717) is 0 Å². The second-order valence-electron chi connectivity index (χ2n) is 4.57. The van der Waals surface area contributed by atoms with Gasteiger partial charge in [-0.2, -0.15) is 5.10 Å². The Bertz CT molecular complexity index is 472. The molecule has 1 aliphatic rings. The first-order valence-electron chi connectivity index (χ1n) is 6.30. The van der Waals surface area contributed by atoms with E-state index in [0.717, 1.165) is 38.4 Å². The molecule has 0 amide bonds. The fourth-order valence-electron chi connectivity index (χ4n) is 2.23. The van der Waals surface area contributed by atoms with E-state index < -0.39 is 0 Å². The Morgan fingerprint density at radius 3 is 2.56 bits per heavy atom. The Hall–Kier alpha value is -1.65. The van der Waals surface area contributed by atoms with Gasteiger partial charge < -0.3 is 4.74 Å². The molecular formula is C14H17N3O. The summed E-state index contributed by atoms with van der Waals surface area (Å²) in [6.07, 6.45) is 3.76. The molecule has 0 unspecified atom stereocenters. The molecule has 94 valence electrons. The van der Waals surface area contributed by atoms with Crippen LogP contribution in [0.15, 0.2) is 36.7 Å². The van der Waals surface area contributed by atoms with Gasteiger partial charge in [-0.15, -0.1) is 0 Å².